The van der Waals surface area contributed by atoms with Crippen molar-refractivity contribution in [3.63, 3.8) is 0 Å². The molecule has 0 atom stereocenters. The van der Waals surface area contributed by atoms with Gasteiger partial charge < -0.3 is 50.0 Å². The van der Waals surface area contributed by atoms with Gasteiger partial charge in [-0.3, -0.25) is 0 Å². The van der Waals surface area contributed by atoms with Crippen molar-refractivity contribution in [3.05, 3.63) is 216 Å². The van der Waals surface area contributed by atoms with Crippen LogP contribution in [0.15, 0.2) is 205 Å². The molecular formula is C74H76N6O8S4. The molecule has 4 aromatic heterocycles. The molecule has 0 fully saturated rings. The van der Waals surface area contributed by atoms with E-state index in [2.05, 4.69) is 245 Å². The van der Waals surface area contributed by atoms with Crippen LogP contribution >= 0.6 is 45.3 Å². The van der Waals surface area contributed by atoms with Gasteiger partial charge in [-0.1, -0.05) is 111 Å². The number of ether oxygens (including phenoxy) is 4. The van der Waals surface area contributed by atoms with Crippen molar-refractivity contribution in [2.24, 2.45) is 0 Å². The van der Waals surface area contributed by atoms with Crippen molar-refractivity contribution in [1.82, 2.24) is 21.3 Å². The van der Waals surface area contributed by atoms with Crippen molar-refractivity contribution in [2.45, 2.75) is 64.2 Å². The first-order valence-corrected chi connectivity index (χ1v) is 34.5. The molecule has 0 radical (unpaired) electrons. The Morgan fingerprint density at radius 2 is 0.609 bits per heavy atom. The number of nitrogens with one attached hydrogen (secondary N) is 4. The summed E-state index contributed by atoms with van der Waals surface area (Å²) in [6.45, 7) is 2.76. The summed E-state index contributed by atoms with van der Waals surface area (Å²) < 4.78 is 20.2. The molecule has 4 amide bonds. The minimum absolute atomic E-state index is 0.271. The summed E-state index contributed by atoms with van der Waals surface area (Å²) >= 11 is 7.05. The number of alkyl carbamates (subject to hydrolysis) is 4. The molecule has 18 heteroatoms. The predicted molar refractivity (Wildman–Crippen MR) is 378 cm³/mol. The van der Waals surface area contributed by atoms with E-state index in [4.69, 9.17) is 9.47 Å². The van der Waals surface area contributed by atoms with Crippen LogP contribution in [0.4, 0.5) is 53.3 Å². The number of hydrogen-bond acceptors (Lipinski definition) is 14. The number of carbonyl (C=O) groups is 4. The summed E-state index contributed by atoms with van der Waals surface area (Å²) in [4.78, 5) is 59.1. The van der Waals surface area contributed by atoms with E-state index in [9.17, 15) is 19.2 Å². The van der Waals surface area contributed by atoms with Gasteiger partial charge in [0.2, 0.25) is 0 Å². The normalized spacial score (nSPS) is 10.9. The molecule has 4 N–H and O–H groups in total. The molecule has 0 unspecified atom stereocenters. The van der Waals surface area contributed by atoms with E-state index in [0.29, 0.717) is 39.0 Å². The fraction of sp³-hybridized carbons (Fsp3) is 0.243. The quantitative estimate of drug-likeness (QED) is 0.0243. The van der Waals surface area contributed by atoms with E-state index >= 15 is 0 Å². The molecule has 0 saturated heterocycles. The van der Waals surface area contributed by atoms with E-state index in [-0.39, 0.29) is 13.2 Å². The lowest BCUT2D eigenvalue weighted by Crippen LogP contribution is -2.26. The second-order valence-electron chi connectivity index (χ2n) is 21.8. The maximum Gasteiger partial charge on any atom is 0.407 e. The highest BCUT2D eigenvalue weighted by atomic mass is 32.1. The summed E-state index contributed by atoms with van der Waals surface area (Å²) in [5.74, 6) is 0. The summed E-state index contributed by atoms with van der Waals surface area (Å²) in [5.41, 5.74) is 13.0. The maximum absolute atomic E-state index is 12.4. The number of benzene rings is 6. The van der Waals surface area contributed by atoms with E-state index in [0.717, 1.165) is 108 Å². The number of hydrogen-bond donors (Lipinski definition) is 4. The Labute approximate surface area is 554 Å². The smallest absolute Gasteiger partial charge is 0.407 e. The van der Waals surface area contributed by atoms with E-state index in [1.165, 1.54) is 54.6 Å². The lowest BCUT2D eigenvalue weighted by molar-refractivity contribution is 0.146. The fourth-order valence-electron chi connectivity index (χ4n) is 10.5. The lowest BCUT2D eigenvalue weighted by atomic mass is 10.1. The van der Waals surface area contributed by atoms with Gasteiger partial charge in [0.1, 0.15) is 0 Å². The number of thiophene rings is 4. The van der Waals surface area contributed by atoms with E-state index in [1.54, 1.807) is 45.3 Å². The third-order valence-corrected chi connectivity index (χ3v) is 19.7. The van der Waals surface area contributed by atoms with Crippen molar-refractivity contribution in [2.75, 3.05) is 63.4 Å². The Bertz CT molecular complexity index is 3620. The van der Waals surface area contributed by atoms with Crippen LogP contribution in [0.3, 0.4) is 0 Å². The Balaban J connectivity index is 0.760. The zero-order chi connectivity index (χ0) is 63.7. The van der Waals surface area contributed by atoms with Crippen LogP contribution in [0, 0.1) is 0 Å². The molecule has 92 heavy (non-hydrogen) atoms. The van der Waals surface area contributed by atoms with Crippen LogP contribution in [-0.4, -0.2) is 78.0 Å². The first-order valence-electron chi connectivity index (χ1n) is 31.1. The van der Waals surface area contributed by atoms with Crippen LogP contribution in [0.2, 0.25) is 0 Å². The molecular weight excluding hydrogens is 1230 g/mol. The minimum Gasteiger partial charge on any atom is -0.453 e. The maximum atomic E-state index is 12.4. The molecule has 0 bridgehead atoms. The lowest BCUT2D eigenvalue weighted by Gasteiger charge is -2.26. The average Bonchev–Trinajstić information content (AvgIpc) is 1.42. The molecule has 6 aromatic carbocycles. The predicted octanol–water partition coefficient (Wildman–Crippen LogP) is 19.6. The number of carbonyl (C=O) groups excluding carboxylic acids is 4. The van der Waals surface area contributed by atoms with Gasteiger partial charge in [0.15, 0.2) is 0 Å². The molecule has 0 spiro atoms. The standard InChI is InChI=1S/C74H76N6O8S4/c1-85-71(81)75-45-7-3-5-9-47-77-73(83)87-49-43-53-15-27-59(28-16-53)79(61-31-19-55(20-32-61)65-13-11-51-89-65)63-35-23-57(24-36-63)67-39-41-69(91-67)70-42-40-68(92-70)58-25-37-64(38-26-58)80(62-33-21-56(22-34-62)66-14-12-52-90-66)60-29-17-54(18-30-60)44-50-88-74(84)78-48-10-6-4-8-46-76-72(82)86-2/h11-42,51-52H,3-10,43-50H2,1-2H3,(H,75,81)(H,76,82)(H,77,83)(H,78,84). The number of methoxy groups -OCH3 is 2. The van der Waals surface area contributed by atoms with Crippen LogP contribution in [0.25, 0.3) is 51.5 Å². The summed E-state index contributed by atoms with van der Waals surface area (Å²) in [6, 6.07) is 69.3. The third-order valence-electron chi connectivity index (χ3n) is 15.4. The molecule has 4 heterocycles. The molecule has 474 valence electrons. The molecule has 0 aliphatic carbocycles. The van der Waals surface area contributed by atoms with Gasteiger partial charge in [-0.25, -0.2) is 19.2 Å². The largest absolute Gasteiger partial charge is 0.453 e. The number of anilines is 6. The van der Waals surface area contributed by atoms with Gasteiger partial charge in [0, 0.05) is 102 Å². The highest BCUT2D eigenvalue weighted by Crippen LogP contribution is 2.44. The topological polar surface area (TPSA) is 160 Å². The van der Waals surface area contributed by atoms with Gasteiger partial charge in [0.25, 0.3) is 0 Å². The number of amides is 4. The van der Waals surface area contributed by atoms with E-state index in [1.807, 2.05) is 0 Å². The highest BCUT2D eigenvalue weighted by molar-refractivity contribution is 7.25. The van der Waals surface area contributed by atoms with Gasteiger partial charge in [-0.15, -0.1) is 45.3 Å². The Morgan fingerprint density at radius 3 is 0.902 bits per heavy atom. The Morgan fingerprint density at radius 1 is 0.326 bits per heavy atom. The van der Waals surface area contributed by atoms with E-state index < -0.39 is 24.4 Å². The minimum atomic E-state index is -0.421. The van der Waals surface area contributed by atoms with Gasteiger partial charge in [0.05, 0.1) is 27.4 Å². The average molecular weight is 1310 g/mol. The van der Waals surface area contributed by atoms with Crippen molar-refractivity contribution < 1.29 is 38.1 Å². The van der Waals surface area contributed by atoms with Gasteiger partial charge in [-0.2, -0.15) is 0 Å². The van der Waals surface area contributed by atoms with Crippen molar-refractivity contribution >= 4 is 104 Å². The van der Waals surface area contributed by atoms with Crippen molar-refractivity contribution in [1.29, 1.82) is 0 Å². The monoisotopic (exact) mass is 1300 g/mol. The zero-order valence-corrected chi connectivity index (χ0v) is 55.0. The zero-order valence-electron chi connectivity index (χ0n) is 51.7. The summed E-state index contributed by atoms with van der Waals surface area (Å²) in [6.07, 6.45) is 6.64. The third kappa shape index (κ3) is 18.9. The molecule has 0 aliphatic heterocycles. The molecule has 0 aliphatic rings. The number of nitrogens with zero attached hydrogens (tertiary/aromatic N) is 2. The number of unbranched alkanes of at least 4 members (excludes halogenated alkanes) is 6. The van der Waals surface area contributed by atoms with Gasteiger partial charge in [-0.05, 0) is 179 Å². The SMILES string of the molecule is COC(=O)NCCCCCCNC(=O)OCCc1ccc(N(c2ccc(-c3cccs3)cc2)c2ccc(-c3ccc(-c4ccc(-c5ccc(N(c6ccc(CCOC(=O)NCCCCCCNC(=O)OC)cc6)c6ccc(-c7cccs7)cc6)cc5)s4)s3)cc2)cc1. The number of rotatable bonds is 31. The molecule has 14 nitrogen and oxygen atoms in total. The van der Waals surface area contributed by atoms with Crippen LogP contribution < -0.4 is 31.1 Å². The molecule has 10 aromatic rings. The second kappa shape index (κ2) is 34.3. The molecule has 0 saturated carbocycles. The second-order valence-corrected chi connectivity index (χ2v) is 25.8. The van der Waals surface area contributed by atoms with Crippen molar-refractivity contribution in [3.8, 4) is 51.5 Å². The summed E-state index contributed by atoms with van der Waals surface area (Å²) in [7, 11) is 2.70. The Kier molecular flexibility index (Phi) is 24.5. The fourth-order valence-corrected chi connectivity index (χ4v) is 14.1. The van der Waals surface area contributed by atoms with Crippen LogP contribution in [0.1, 0.15) is 62.5 Å². The highest BCUT2D eigenvalue weighted by Gasteiger charge is 2.18. The first kappa shape index (κ1) is 65.7. The van der Waals surface area contributed by atoms with Crippen LogP contribution in [-0.2, 0) is 31.8 Å². The van der Waals surface area contributed by atoms with Crippen LogP contribution in [0.5, 0.6) is 0 Å². The van der Waals surface area contributed by atoms with Gasteiger partial charge >= 0.3 is 24.4 Å². The summed E-state index contributed by atoms with van der Waals surface area (Å²) in [5, 5.41) is 15.3. The Hall–Kier alpha value is -9.20. The molecule has 10 rings (SSSR count). The first-order chi connectivity index (χ1) is 45.2.